The zero-order valence-electron chi connectivity index (χ0n) is 12.6. The van der Waals surface area contributed by atoms with Crippen LogP contribution < -0.4 is 10.6 Å². The van der Waals surface area contributed by atoms with Gasteiger partial charge in [-0.3, -0.25) is 9.59 Å². The van der Waals surface area contributed by atoms with Crippen molar-refractivity contribution in [2.45, 2.75) is 39.0 Å². The predicted octanol–water partition coefficient (Wildman–Crippen LogP) is 0.799. The number of carboxylic acid groups (broad SMARTS) is 1. The number of aliphatic carboxylic acids is 1. The third kappa shape index (κ3) is 6.46. The van der Waals surface area contributed by atoms with Crippen LogP contribution in [0, 0.1) is 5.92 Å². The van der Waals surface area contributed by atoms with E-state index in [9.17, 15) is 14.4 Å². The number of carbonyl (C=O) groups is 3. The first kappa shape index (κ1) is 17.3. The molecule has 0 aromatic carbocycles. The van der Waals surface area contributed by atoms with Crippen LogP contribution in [-0.2, 0) is 9.59 Å². The van der Waals surface area contributed by atoms with Crippen molar-refractivity contribution in [3.63, 3.8) is 0 Å². The summed E-state index contributed by atoms with van der Waals surface area (Å²) < 4.78 is 0. The summed E-state index contributed by atoms with van der Waals surface area (Å²) in [6.45, 7) is 4.08. The molecule has 3 amide bonds. The van der Waals surface area contributed by atoms with Crippen molar-refractivity contribution in [1.29, 1.82) is 0 Å². The highest BCUT2D eigenvalue weighted by Crippen LogP contribution is 2.16. The number of nitrogens with zero attached hydrogens (tertiary/aromatic N) is 1. The normalized spacial score (nSPS) is 18.1. The van der Waals surface area contributed by atoms with E-state index in [-0.39, 0.29) is 24.3 Å². The second kappa shape index (κ2) is 9.20. The minimum atomic E-state index is -0.866. The summed E-state index contributed by atoms with van der Waals surface area (Å²) in [5, 5.41) is 14.1. The van der Waals surface area contributed by atoms with Crippen molar-refractivity contribution in [2.75, 3.05) is 26.2 Å². The number of amides is 3. The lowest BCUT2D eigenvalue weighted by atomic mass is 9.97. The van der Waals surface area contributed by atoms with Crippen LogP contribution in [0.15, 0.2) is 0 Å². The Morgan fingerprint density at radius 3 is 2.67 bits per heavy atom. The number of nitrogens with one attached hydrogen (secondary N) is 2. The minimum Gasteiger partial charge on any atom is -0.481 e. The standard InChI is InChI=1S/C14H25N3O4/c1-2-7-15-13(20)11-5-4-9-17(10-11)14(21)16-8-3-6-12(18)19/h11H,2-10H2,1H3,(H,15,20)(H,16,21)(H,18,19). The van der Waals surface area contributed by atoms with Crippen LogP contribution in [0.4, 0.5) is 4.79 Å². The summed E-state index contributed by atoms with van der Waals surface area (Å²) in [6.07, 6.45) is 2.97. The minimum absolute atomic E-state index is 0.0141. The zero-order chi connectivity index (χ0) is 15.7. The van der Waals surface area contributed by atoms with Crippen LogP contribution in [0.3, 0.4) is 0 Å². The fourth-order valence-electron chi connectivity index (χ4n) is 2.31. The van der Waals surface area contributed by atoms with Crippen LogP contribution >= 0.6 is 0 Å². The Hall–Kier alpha value is -1.79. The molecule has 3 N–H and O–H groups in total. The van der Waals surface area contributed by atoms with Crippen LogP contribution in [0.2, 0.25) is 0 Å². The lowest BCUT2D eigenvalue weighted by Gasteiger charge is -2.32. The molecule has 7 heteroatoms. The molecule has 1 heterocycles. The first-order valence-corrected chi connectivity index (χ1v) is 7.56. The van der Waals surface area contributed by atoms with E-state index in [1.54, 1.807) is 4.90 Å². The molecule has 1 rings (SSSR count). The summed E-state index contributed by atoms with van der Waals surface area (Å²) in [5.41, 5.74) is 0. The van der Waals surface area contributed by atoms with E-state index in [4.69, 9.17) is 5.11 Å². The molecule has 0 aliphatic carbocycles. The maximum absolute atomic E-state index is 12.0. The maximum Gasteiger partial charge on any atom is 0.317 e. The smallest absolute Gasteiger partial charge is 0.317 e. The van der Waals surface area contributed by atoms with Crippen LogP contribution in [0.5, 0.6) is 0 Å². The highest BCUT2D eigenvalue weighted by molar-refractivity contribution is 5.80. The van der Waals surface area contributed by atoms with Crippen molar-refractivity contribution >= 4 is 17.9 Å². The van der Waals surface area contributed by atoms with E-state index in [0.717, 1.165) is 19.3 Å². The highest BCUT2D eigenvalue weighted by atomic mass is 16.4. The lowest BCUT2D eigenvalue weighted by Crippen LogP contribution is -2.49. The summed E-state index contributed by atoms with van der Waals surface area (Å²) in [5.74, 6) is -0.995. The van der Waals surface area contributed by atoms with Gasteiger partial charge in [0.05, 0.1) is 5.92 Å². The third-order valence-electron chi connectivity index (χ3n) is 3.47. The van der Waals surface area contributed by atoms with Gasteiger partial charge in [0, 0.05) is 32.6 Å². The van der Waals surface area contributed by atoms with Gasteiger partial charge < -0.3 is 20.6 Å². The lowest BCUT2D eigenvalue weighted by molar-refractivity contribution is -0.137. The monoisotopic (exact) mass is 299 g/mol. The van der Waals surface area contributed by atoms with Gasteiger partial charge in [0.15, 0.2) is 0 Å². The van der Waals surface area contributed by atoms with Crippen molar-refractivity contribution in [2.24, 2.45) is 5.92 Å². The molecule has 1 unspecified atom stereocenters. The summed E-state index contributed by atoms with van der Waals surface area (Å²) in [4.78, 5) is 35.9. The number of urea groups is 1. The first-order chi connectivity index (χ1) is 10.0. The Bertz CT molecular complexity index is 373. The van der Waals surface area contributed by atoms with E-state index < -0.39 is 5.97 Å². The Kier molecular flexibility index (Phi) is 7.56. The topological polar surface area (TPSA) is 98.7 Å². The Morgan fingerprint density at radius 2 is 2.00 bits per heavy atom. The molecule has 1 fully saturated rings. The van der Waals surface area contributed by atoms with Gasteiger partial charge in [-0.25, -0.2) is 4.79 Å². The maximum atomic E-state index is 12.0. The van der Waals surface area contributed by atoms with Crippen molar-refractivity contribution in [1.82, 2.24) is 15.5 Å². The number of rotatable bonds is 7. The molecule has 0 aromatic heterocycles. The SMILES string of the molecule is CCCNC(=O)C1CCCN(C(=O)NCCCC(=O)O)C1. The number of likely N-dealkylation sites (tertiary alicyclic amines) is 1. The second-order valence-electron chi connectivity index (χ2n) is 5.31. The molecule has 0 spiro atoms. The molecule has 1 aliphatic rings. The highest BCUT2D eigenvalue weighted by Gasteiger charge is 2.27. The number of piperidine rings is 1. The van der Waals surface area contributed by atoms with Crippen molar-refractivity contribution in [3.05, 3.63) is 0 Å². The number of hydrogen-bond donors (Lipinski definition) is 3. The Labute approximate surface area is 125 Å². The molecule has 0 radical (unpaired) electrons. The van der Waals surface area contributed by atoms with Gasteiger partial charge in [0.2, 0.25) is 5.91 Å². The van der Waals surface area contributed by atoms with Gasteiger partial charge in [-0.05, 0) is 25.7 Å². The van der Waals surface area contributed by atoms with Crippen molar-refractivity contribution in [3.8, 4) is 0 Å². The quantitative estimate of drug-likeness (QED) is 0.605. The molecule has 1 saturated heterocycles. The van der Waals surface area contributed by atoms with Gasteiger partial charge in [-0.1, -0.05) is 6.92 Å². The first-order valence-electron chi connectivity index (χ1n) is 7.56. The molecule has 7 nitrogen and oxygen atoms in total. The van der Waals surface area contributed by atoms with E-state index in [1.807, 2.05) is 6.92 Å². The van der Waals surface area contributed by atoms with Gasteiger partial charge in [-0.15, -0.1) is 0 Å². The molecular weight excluding hydrogens is 274 g/mol. The van der Waals surface area contributed by atoms with Crippen molar-refractivity contribution < 1.29 is 19.5 Å². The molecule has 21 heavy (non-hydrogen) atoms. The number of carbonyl (C=O) groups excluding carboxylic acids is 2. The average Bonchev–Trinajstić information content (AvgIpc) is 2.48. The average molecular weight is 299 g/mol. The molecule has 0 saturated carbocycles. The summed E-state index contributed by atoms with van der Waals surface area (Å²) >= 11 is 0. The van der Waals surface area contributed by atoms with Gasteiger partial charge in [-0.2, -0.15) is 0 Å². The molecule has 120 valence electrons. The molecule has 0 aromatic rings. The van der Waals surface area contributed by atoms with E-state index in [1.165, 1.54) is 0 Å². The molecule has 1 aliphatic heterocycles. The van der Waals surface area contributed by atoms with E-state index >= 15 is 0 Å². The molecular formula is C14H25N3O4. The van der Waals surface area contributed by atoms with Gasteiger partial charge in [0.1, 0.15) is 0 Å². The zero-order valence-corrected chi connectivity index (χ0v) is 12.6. The van der Waals surface area contributed by atoms with Crippen LogP contribution in [0.25, 0.3) is 0 Å². The summed E-state index contributed by atoms with van der Waals surface area (Å²) in [7, 11) is 0. The fraction of sp³-hybridized carbons (Fsp3) is 0.786. The molecule has 0 bridgehead atoms. The van der Waals surface area contributed by atoms with Gasteiger partial charge >= 0.3 is 12.0 Å². The van der Waals surface area contributed by atoms with Gasteiger partial charge in [0.25, 0.3) is 0 Å². The number of hydrogen-bond acceptors (Lipinski definition) is 3. The number of carboxylic acids is 1. The van der Waals surface area contributed by atoms with E-state index in [0.29, 0.717) is 32.6 Å². The third-order valence-corrected chi connectivity index (χ3v) is 3.47. The second-order valence-corrected chi connectivity index (χ2v) is 5.31. The Balaban J connectivity index is 2.32. The predicted molar refractivity (Wildman–Crippen MR) is 77.9 cm³/mol. The molecule has 1 atom stereocenters. The Morgan fingerprint density at radius 1 is 1.24 bits per heavy atom. The fourth-order valence-corrected chi connectivity index (χ4v) is 2.31. The summed E-state index contributed by atoms with van der Waals surface area (Å²) in [6, 6.07) is -0.214. The van der Waals surface area contributed by atoms with Crippen LogP contribution in [0.1, 0.15) is 39.0 Å². The largest absolute Gasteiger partial charge is 0.481 e. The van der Waals surface area contributed by atoms with Crippen LogP contribution in [-0.4, -0.2) is 54.1 Å². The van der Waals surface area contributed by atoms with E-state index in [2.05, 4.69) is 10.6 Å².